The van der Waals surface area contributed by atoms with Gasteiger partial charge in [0.1, 0.15) is 4.88 Å². The summed E-state index contributed by atoms with van der Waals surface area (Å²) in [4.78, 5) is 19.0. The summed E-state index contributed by atoms with van der Waals surface area (Å²) < 4.78 is 1.57. The van der Waals surface area contributed by atoms with Gasteiger partial charge in [-0.2, -0.15) is 4.98 Å². The van der Waals surface area contributed by atoms with Gasteiger partial charge in [0.2, 0.25) is 4.96 Å². The Morgan fingerprint density at radius 2 is 2.41 bits per heavy atom. The number of hydrogen-bond donors (Lipinski definition) is 2. The van der Waals surface area contributed by atoms with Crippen LogP contribution in [0.25, 0.3) is 16.3 Å². The molecule has 0 aliphatic heterocycles. The van der Waals surface area contributed by atoms with Crippen molar-refractivity contribution in [2.45, 2.75) is 6.92 Å². The monoisotopic (exact) mass is 248 g/mol. The summed E-state index contributed by atoms with van der Waals surface area (Å²) in [6.45, 7) is 1.72. The van der Waals surface area contributed by atoms with Crippen LogP contribution in [0.3, 0.4) is 0 Å². The quantitative estimate of drug-likeness (QED) is 0.724. The first-order valence-electron chi connectivity index (χ1n) is 4.89. The number of nitrogens with zero attached hydrogens (tertiary/aromatic N) is 3. The average molecular weight is 248 g/mol. The molecule has 3 aromatic heterocycles. The van der Waals surface area contributed by atoms with Crippen LogP contribution in [0.4, 0.5) is 0 Å². The van der Waals surface area contributed by atoms with E-state index in [-0.39, 0.29) is 4.88 Å². The van der Waals surface area contributed by atoms with Gasteiger partial charge in [0.25, 0.3) is 0 Å². The number of carboxylic acid groups (broad SMARTS) is 1. The van der Waals surface area contributed by atoms with Gasteiger partial charge < -0.3 is 10.1 Å². The van der Waals surface area contributed by atoms with E-state index in [1.807, 2.05) is 6.07 Å². The molecule has 0 aromatic carbocycles. The predicted octanol–water partition coefficient (Wildman–Crippen LogP) is 1.79. The molecule has 0 radical (unpaired) electrons. The van der Waals surface area contributed by atoms with Crippen LogP contribution in [-0.2, 0) is 0 Å². The van der Waals surface area contributed by atoms with Crippen LogP contribution >= 0.6 is 11.3 Å². The number of rotatable bonds is 2. The summed E-state index contributed by atoms with van der Waals surface area (Å²) in [5.41, 5.74) is 1.49. The molecule has 2 N–H and O–H groups in total. The summed E-state index contributed by atoms with van der Waals surface area (Å²) in [7, 11) is 0. The molecular formula is C10H8N4O2S. The van der Waals surface area contributed by atoms with Gasteiger partial charge in [-0.15, -0.1) is 5.10 Å². The summed E-state index contributed by atoms with van der Waals surface area (Å²) in [5.74, 6) is -0.347. The minimum atomic E-state index is -0.942. The highest BCUT2D eigenvalue weighted by Gasteiger charge is 2.18. The molecule has 7 heteroatoms. The number of carboxylic acids is 1. The van der Waals surface area contributed by atoms with Crippen LogP contribution in [0.1, 0.15) is 15.4 Å². The fraction of sp³-hybridized carbons (Fsp3) is 0.100. The molecule has 0 fully saturated rings. The van der Waals surface area contributed by atoms with Crippen molar-refractivity contribution in [3.8, 4) is 11.4 Å². The number of fused-ring (bicyclic) bond motifs is 1. The second-order valence-electron chi connectivity index (χ2n) is 3.55. The Morgan fingerprint density at radius 1 is 1.59 bits per heavy atom. The molecule has 0 bridgehead atoms. The molecule has 0 aliphatic rings. The lowest BCUT2D eigenvalue weighted by Gasteiger charge is -1.90. The van der Waals surface area contributed by atoms with E-state index in [9.17, 15) is 4.79 Å². The average Bonchev–Trinajstić information content (AvgIpc) is 2.94. The van der Waals surface area contributed by atoms with Crippen LogP contribution < -0.4 is 0 Å². The number of carbonyl (C=O) groups is 1. The van der Waals surface area contributed by atoms with Crippen molar-refractivity contribution in [1.29, 1.82) is 0 Å². The fourth-order valence-corrected chi connectivity index (χ4v) is 2.53. The Morgan fingerprint density at radius 3 is 3.00 bits per heavy atom. The SMILES string of the molecule is Cc1c(C(=O)O)sc2nc(-c3cc[nH]c3)nn12. The predicted molar refractivity (Wildman–Crippen MR) is 62.3 cm³/mol. The number of aromatic amines is 1. The maximum Gasteiger partial charge on any atom is 0.347 e. The van der Waals surface area contributed by atoms with Crippen LogP contribution in [0, 0.1) is 6.92 Å². The van der Waals surface area contributed by atoms with Gasteiger partial charge in [-0.25, -0.2) is 9.31 Å². The van der Waals surface area contributed by atoms with Crippen molar-refractivity contribution < 1.29 is 9.90 Å². The van der Waals surface area contributed by atoms with E-state index in [1.165, 1.54) is 0 Å². The van der Waals surface area contributed by atoms with Gasteiger partial charge in [-0.05, 0) is 13.0 Å². The van der Waals surface area contributed by atoms with E-state index >= 15 is 0 Å². The Balaban J connectivity index is 2.19. The first-order chi connectivity index (χ1) is 8.16. The van der Waals surface area contributed by atoms with E-state index in [1.54, 1.807) is 23.8 Å². The number of thiazole rings is 1. The lowest BCUT2D eigenvalue weighted by atomic mass is 10.3. The summed E-state index contributed by atoms with van der Waals surface area (Å²) in [6, 6.07) is 1.87. The highest BCUT2D eigenvalue weighted by atomic mass is 32.1. The number of aryl methyl sites for hydroxylation is 1. The summed E-state index contributed by atoms with van der Waals surface area (Å²) in [5, 5.41) is 13.3. The molecule has 3 rings (SSSR count). The van der Waals surface area contributed by atoms with Gasteiger partial charge >= 0.3 is 5.97 Å². The Hall–Kier alpha value is -2.15. The Labute approximate surface area is 99.5 Å². The third kappa shape index (κ3) is 1.43. The van der Waals surface area contributed by atoms with E-state index in [0.29, 0.717) is 16.5 Å². The first kappa shape index (κ1) is 10.0. The smallest absolute Gasteiger partial charge is 0.347 e. The van der Waals surface area contributed by atoms with Gasteiger partial charge in [0.05, 0.1) is 5.69 Å². The van der Waals surface area contributed by atoms with Gasteiger partial charge in [0.15, 0.2) is 5.82 Å². The number of hydrogen-bond acceptors (Lipinski definition) is 4. The lowest BCUT2D eigenvalue weighted by molar-refractivity contribution is 0.0701. The lowest BCUT2D eigenvalue weighted by Crippen LogP contribution is -1.97. The van der Waals surface area contributed by atoms with Crippen molar-refractivity contribution in [1.82, 2.24) is 19.6 Å². The van der Waals surface area contributed by atoms with Gasteiger partial charge in [-0.1, -0.05) is 11.3 Å². The molecular weight excluding hydrogens is 240 g/mol. The fourth-order valence-electron chi connectivity index (χ4n) is 1.63. The Bertz CT molecular complexity index is 695. The maximum atomic E-state index is 10.9. The highest BCUT2D eigenvalue weighted by molar-refractivity contribution is 7.18. The van der Waals surface area contributed by atoms with Crippen molar-refractivity contribution in [2.24, 2.45) is 0 Å². The number of aromatic carboxylic acids is 1. The van der Waals surface area contributed by atoms with E-state index < -0.39 is 5.97 Å². The third-order valence-electron chi connectivity index (χ3n) is 2.47. The minimum Gasteiger partial charge on any atom is -0.477 e. The van der Waals surface area contributed by atoms with E-state index in [4.69, 9.17) is 5.11 Å². The molecule has 0 aliphatic carbocycles. The second kappa shape index (κ2) is 3.42. The Kier molecular flexibility index (Phi) is 2.02. The molecule has 86 valence electrons. The maximum absolute atomic E-state index is 10.9. The molecule has 0 saturated heterocycles. The zero-order chi connectivity index (χ0) is 12.0. The normalized spacial score (nSPS) is 11.1. The zero-order valence-electron chi connectivity index (χ0n) is 8.84. The highest BCUT2D eigenvalue weighted by Crippen LogP contribution is 2.24. The van der Waals surface area contributed by atoms with Crippen molar-refractivity contribution in [2.75, 3.05) is 0 Å². The molecule has 6 nitrogen and oxygen atoms in total. The molecule has 17 heavy (non-hydrogen) atoms. The van der Waals surface area contributed by atoms with Gasteiger partial charge in [-0.3, -0.25) is 0 Å². The van der Waals surface area contributed by atoms with Crippen LogP contribution in [0.15, 0.2) is 18.5 Å². The second-order valence-corrected chi connectivity index (χ2v) is 4.53. The number of aromatic nitrogens is 4. The largest absolute Gasteiger partial charge is 0.477 e. The molecule has 0 atom stereocenters. The molecule has 3 heterocycles. The van der Waals surface area contributed by atoms with Crippen molar-refractivity contribution in [3.63, 3.8) is 0 Å². The van der Waals surface area contributed by atoms with Crippen molar-refractivity contribution >= 4 is 22.3 Å². The summed E-state index contributed by atoms with van der Waals surface area (Å²) in [6.07, 6.45) is 3.59. The summed E-state index contributed by atoms with van der Waals surface area (Å²) >= 11 is 1.13. The minimum absolute atomic E-state index is 0.278. The van der Waals surface area contributed by atoms with E-state index in [0.717, 1.165) is 16.9 Å². The van der Waals surface area contributed by atoms with Crippen molar-refractivity contribution in [3.05, 3.63) is 29.0 Å². The third-order valence-corrected chi connectivity index (χ3v) is 3.59. The molecule has 0 amide bonds. The zero-order valence-corrected chi connectivity index (χ0v) is 9.65. The standard InChI is InChI=1S/C10H8N4O2S/c1-5-7(9(15)16)17-10-12-8(13-14(5)10)6-2-3-11-4-6/h2-4,11H,1H3,(H,15,16). The molecule has 0 unspecified atom stereocenters. The molecule has 3 aromatic rings. The number of H-pyrrole nitrogens is 1. The molecule has 0 saturated carbocycles. The van der Waals surface area contributed by atoms with Crippen LogP contribution in [0.5, 0.6) is 0 Å². The van der Waals surface area contributed by atoms with Gasteiger partial charge in [0, 0.05) is 18.0 Å². The van der Waals surface area contributed by atoms with E-state index in [2.05, 4.69) is 15.1 Å². The molecule has 0 spiro atoms. The number of nitrogens with one attached hydrogen (secondary N) is 1. The topological polar surface area (TPSA) is 83.3 Å². The van der Waals surface area contributed by atoms with Crippen LogP contribution in [-0.4, -0.2) is 30.7 Å². The van der Waals surface area contributed by atoms with Crippen LogP contribution in [0.2, 0.25) is 0 Å². The first-order valence-corrected chi connectivity index (χ1v) is 5.71.